The lowest BCUT2D eigenvalue weighted by atomic mass is 10.1. The van der Waals surface area contributed by atoms with E-state index in [0.717, 1.165) is 28.8 Å². The zero-order valence-electron chi connectivity index (χ0n) is 8.94. The molecule has 2 rings (SSSR count). The van der Waals surface area contributed by atoms with Crippen LogP contribution in [-0.2, 0) is 7.05 Å². The molecule has 0 aliphatic carbocycles. The minimum absolute atomic E-state index is 0.356. The van der Waals surface area contributed by atoms with Crippen molar-refractivity contribution in [3.63, 3.8) is 0 Å². The summed E-state index contributed by atoms with van der Waals surface area (Å²) < 4.78 is 6.88. The Morgan fingerprint density at radius 1 is 1.47 bits per heavy atom. The summed E-state index contributed by atoms with van der Waals surface area (Å²) in [5.41, 5.74) is 3.72. The number of aromatic nitrogens is 2. The summed E-state index contributed by atoms with van der Waals surface area (Å²) >= 11 is 0. The van der Waals surface area contributed by atoms with Crippen molar-refractivity contribution in [1.82, 2.24) is 9.78 Å². The van der Waals surface area contributed by atoms with Crippen LogP contribution in [0.2, 0.25) is 0 Å². The van der Waals surface area contributed by atoms with Crippen molar-refractivity contribution in [2.24, 2.45) is 7.05 Å². The molecule has 0 fully saturated rings. The van der Waals surface area contributed by atoms with E-state index in [2.05, 4.69) is 5.10 Å². The first-order chi connectivity index (χ1) is 7.15. The van der Waals surface area contributed by atoms with Gasteiger partial charge in [0.25, 0.3) is 0 Å². The van der Waals surface area contributed by atoms with E-state index in [1.807, 2.05) is 20.9 Å². The van der Waals surface area contributed by atoms with Gasteiger partial charge in [-0.3, -0.25) is 9.48 Å². The van der Waals surface area contributed by atoms with Crippen LogP contribution in [0, 0.1) is 13.8 Å². The van der Waals surface area contributed by atoms with Gasteiger partial charge in [0, 0.05) is 23.9 Å². The zero-order chi connectivity index (χ0) is 11.0. The van der Waals surface area contributed by atoms with E-state index in [9.17, 15) is 4.79 Å². The summed E-state index contributed by atoms with van der Waals surface area (Å²) in [6.07, 6.45) is 2.24. The number of furan rings is 1. The highest BCUT2D eigenvalue weighted by atomic mass is 16.3. The van der Waals surface area contributed by atoms with Crippen molar-refractivity contribution >= 4 is 6.29 Å². The number of nitrogens with zero attached hydrogens (tertiary/aromatic N) is 2. The third-order valence-corrected chi connectivity index (χ3v) is 2.58. The topological polar surface area (TPSA) is 48.0 Å². The van der Waals surface area contributed by atoms with Crippen LogP contribution in [0.4, 0.5) is 0 Å². The molecule has 4 nitrogen and oxygen atoms in total. The molecular formula is C11H12N2O2. The van der Waals surface area contributed by atoms with Gasteiger partial charge in [-0.15, -0.1) is 0 Å². The Balaban J connectivity index is 2.68. The minimum Gasteiger partial charge on any atom is -0.461 e. The maximum atomic E-state index is 10.8. The number of rotatable bonds is 2. The Morgan fingerprint density at radius 3 is 2.73 bits per heavy atom. The molecule has 0 unspecified atom stereocenters. The molecule has 2 aromatic rings. The molecule has 0 aliphatic heterocycles. The Kier molecular flexibility index (Phi) is 2.19. The molecule has 0 bridgehead atoms. The van der Waals surface area contributed by atoms with E-state index in [4.69, 9.17) is 4.42 Å². The van der Waals surface area contributed by atoms with E-state index in [-0.39, 0.29) is 0 Å². The van der Waals surface area contributed by atoms with E-state index in [0.29, 0.717) is 5.76 Å². The number of carbonyl (C=O) groups is 1. The monoisotopic (exact) mass is 204 g/mol. The molecule has 0 atom stereocenters. The lowest BCUT2D eigenvalue weighted by molar-refractivity contribution is 0.110. The van der Waals surface area contributed by atoms with Gasteiger partial charge in [0.2, 0.25) is 0 Å². The van der Waals surface area contributed by atoms with Crippen LogP contribution in [0.5, 0.6) is 0 Å². The Morgan fingerprint density at radius 2 is 2.20 bits per heavy atom. The summed E-state index contributed by atoms with van der Waals surface area (Å²) in [5, 5.41) is 4.30. The van der Waals surface area contributed by atoms with Crippen LogP contribution in [-0.4, -0.2) is 16.1 Å². The Hall–Kier alpha value is -1.84. The van der Waals surface area contributed by atoms with Crippen LogP contribution in [0.1, 0.15) is 21.9 Å². The van der Waals surface area contributed by atoms with Gasteiger partial charge >= 0.3 is 0 Å². The average Bonchev–Trinajstić information content (AvgIpc) is 2.73. The first kappa shape index (κ1) is 9.71. The van der Waals surface area contributed by atoms with Gasteiger partial charge in [-0.1, -0.05) is 0 Å². The molecule has 0 amide bonds. The largest absolute Gasteiger partial charge is 0.461 e. The molecule has 0 aliphatic rings. The van der Waals surface area contributed by atoms with Crippen molar-refractivity contribution in [1.29, 1.82) is 0 Å². The van der Waals surface area contributed by atoms with Gasteiger partial charge in [0.05, 0.1) is 12.0 Å². The predicted octanol–water partition coefficient (Wildman–Crippen LogP) is 2.11. The highest BCUT2D eigenvalue weighted by Crippen LogP contribution is 2.29. The van der Waals surface area contributed by atoms with Gasteiger partial charge < -0.3 is 4.42 Å². The second-order valence-electron chi connectivity index (χ2n) is 3.49. The highest BCUT2D eigenvalue weighted by molar-refractivity contribution is 5.85. The van der Waals surface area contributed by atoms with E-state index in [1.54, 1.807) is 10.7 Å². The maximum absolute atomic E-state index is 10.8. The molecule has 0 spiro atoms. The average molecular weight is 204 g/mol. The zero-order valence-corrected chi connectivity index (χ0v) is 8.94. The van der Waals surface area contributed by atoms with Gasteiger partial charge in [-0.25, -0.2) is 0 Å². The minimum atomic E-state index is 0.356. The first-order valence-corrected chi connectivity index (χ1v) is 4.68. The molecule has 0 saturated carbocycles. The van der Waals surface area contributed by atoms with Crippen molar-refractivity contribution in [2.75, 3.05) is 0 Å². The molecule has 0 aromatic carbocycles. The van der Waals surface area contributed by atoms with Crippen molar-refractivity contribution in [2.45, 2.75) is 13.8 Å². The molecule has 0 N–H and O–H groups in total. The fourth-order valence-corrected chi connectivity index (χ4v) is 1.78. The Bertz CT molecular complexity index is 509. The standard InChI is InChI=1S/C11H12N2O2/c1-7-11(8(2)13(3)12-7)9-4-5-15-10(9)6-14/h4-6H,1-3H3. The molecule has 4 heteroatoms. The quantitative estimate of drug-likeness (QED) is 0.704. The van der Waals surface area contributed by atoms with E-state index >= 15 is 0 Å². The van der Waals surface area contributed by atoms with Crippen LogP contribution in [0.25, 0.3) is 11.1 Å². The molecule has 2 heterocycles. The van der Waals surface area contributed by atoms with Crippen LogP contribution >= 0.6 is 0 Å². The molecule has 2 aromatic heterocycles. The van der Waals surface area contributed by atoms with E-state index in [1.165, 1.54) is 6.26 Å². The van der Waals surface area contributed by atoms with Crippen LogP contribution in [0.15, 0.2) is 16.7 Å². The normalized spacial score (nSPS) is 10.6. The van der Waals surface area contributed by atoms with Gasteiger partial charge in [-0.05, 0) is 19.9 Å². The summed E-state index contributed by atoms with van der Waals surface area (Å²) in [4.78, 5) is 10.8. The first-order valence-electron chi connectivity index (χ1n) is 4.68. The van der Waals surface area contributed by atoms with Crippen molar-refractivity contribution in [3.8, 4) is 11.1 Å². The maximum Gasteiger partial charge on any atom is 0.185 e. The second-order valence-corrected chi connectivity index (χ2v) is 3.49. The summed E-state index contributed by atoms with van der Waals surface area (Å²) in [7, 11) is 1.88. The smallest absolute Gasteiger partial charge is 0.185 e. The molecule has 15 heavy (non-hydrogen) atoms. The third-order valence-electron chi connectivity index (χ3n) is 2.58. The molecule has 0 saturated heterocycles. The fraction of sp³-hybridized carbons (Fsp3) is 0.273. The van der Waals surface area contributed by atoms with E-state index < -0.39 is 0 Å². The van der Waals surface area contributed by atoms with Gasteiger partial charge in [-0.2, -0.15) is 5.10 Å². The Labute approximate surface area is 87.5 Å². The number of aryl methyl sites for hydroxylation is 2. The SMILES string of the molecule is Cc1nn(C)c(C)c1-c1ccoc1C=O. The summed E-state index contributed by atoms with van der Waals surface area (Å²) in [5.74, 6) is 0.356. The predicted molar refractivity (Wildman–Crippen MR) is 55.8 cm³/mol. The number of hydrogen-bond acceptors (Lipinski definition) is 3. The van der Waals surface area contributed by atoms with Crippen molar-refractivity contribution in [3.05, 3.63) is 29.5 Å². The summed E-state index contributed by atoms with van der Waals surface area (Å²) in [6, 6.07) is 1.79. The lowest BCUT2D eigenvalue weighted by Crippen LogP contribution is -1.92. The second kappa shape index (κ2) is 3.38. The van der Waals surface area contributed by atoms with Gasteiger partial charge in [0.15, 0.2) is 12.0 Å². The van der Waals surface area contributed by atoms with Gasteiger partial charge in [0.1, 0.15) is 0 Å². The number of hydrogen-bond donors (Lipinski definition) is 0. The highest BCUT2D eigenvalue weighted by Gasteiger charge is 2.16. The summed E-state index contributed by atoms with van der Waals surface area (Å²) in [6.45, 7) is 3.89. The molecule has 78 valence electrons. The van der Waals surface area contributed by atoms with Crippen LogP contribution in [0.3, 0.4) is 0 Å². The third kappa shape index (κ3) is 1.38. The molecular weight excluding hydrogens is 192 g/mol. The van der Waals surface area contributed by atoms with Crippen LogP contribution < -0.4 is 0 Å². The molecule has 0 radical (unpaired) electrons. The number of aldehydes is 1. The fourth-order valence-electron chi connectivity index (χ4n) is 1.78. The lowest BCUT2D eigenvalue weighted by Gasteiger charge is -1.98. The van der Waals surface area contributed by atoms with Crippen molar-refractivity contribution < 1.29 is 9.21 Å². The number of carbonyl (C=O) groups excluding carboxylic acids is 1.